The summed E-state index contributed by atoms with van der Waals surface area (Å²) in [5, 5.41) is 0. The largest absolute Gasteiger partial charge is 0.493 e. The van der Waals surface area contributed by atoms with Crippen molar-refractivity contribution in [1.29, 1.82) is 0 Å². The first kappa shape index (κ1) is 18.9. The molecular formula is C16H27ClN2O3. The molecule has 2 N–H and O–H groups in total. The van der Waals surface area contributed by atoms with Crippen molar-refractivity contribution in [2.45, 2.75) is 25.9 Å². The number of hydrogen-bond acceptors (Lipinski definition) is 5. The van der Waals surface area contributed by atoms with Crippen LogP contribution in [0.3, 0.4) is 0 Å². The molecule has 2 rings (SSSR count). The molecule has 0 bridgehead atoms. The molecule has 126 valence electrons. The molecule has 2 atom stereocenters. The van der Waals surface area contributed by atoms with Gasteiger partial charge in [0.2, 0.25) is 5.75 Å². The van der Waals surface area contributed by atoms with Gasteiger partial charge in [-0.05, 0) is 43.5 Å². The van der Waals surface area contributed by atoms with Gasteiger partial charge in [0.25, 0.3) is 0 Å². The summed E-state index contributed by atoms with van der Waals surface area (Å²) < 4.78 is 16.2. The van der Waals surface area contributed by atoms with Gasteiger partial charge < -0.3 is 19.9 Å². The summed E-state index contributed by atoms with van der Waals surface area (Å²) in [7, 11) is 4.90. The molecule has 1 aliphatic heterocycles. The summed E-state index contributed by atoms with van der Waals surface area (Å²) in [4.78, 5) is 2.43. The summed E-state index contributed by atoms with van der Waals surface area (Å²) in [5.74, 6) is 2.63. The molecule has 5 nitrogen and oxygen atoms in total. The molecule has 0 radical (unpaired) electrons. The third-order valence-electron chi connectivity index (χ3n) is 4.18. The number of methoxy groups -OCH3 is 3. The fourth-order valence-corrected chi connectivity index (χ4v) is 2.92. The summed E-state index contributed by atoms with van der Waals surface area (Å²) in [6.07, 6.45) is 1.17. The summed E-state index contributed by atoms with van der Waals surface area (Å²) >= 11 is 0. The maximum atomic E-state index is 6.00. The van der Waals surface area contributed by atoms with Gasteiger partial charge >= 0.3 is 0 Å². The van der Waals surface area contributed by atoms with E-state index in [1.807, 2.05) is 12.1 Å². The average molecular weight is 331 g/mol. The van der Waals surface area contributed by atoms with Crippen LogP contribution >= 0.6 is 12.4 Å². The first-order valence-corrected chi connectivity index (χ1v) is 7.35. The van der Waals surface area contributed by atoms with E-state index in [1.54, 1.807) is 21.3 Å². The molecule has 0 amide bonds. The van der Waals surface area contributed by atoms with Crippen molar-refractivity contribution in [2.75, 3.05) is 34.4 Å². The van der Waals surface area contributed by atoms with Gasteiger partial charge in [-0.15, -0.1) is 12.4 Å². The normalized spacial score (nSPS) is 19.4. The van der Waals surface area contributed by atoms with Crippen molar-refractivity contribution in [3.05, 3.63) is 17.7 Å². The maximum Gasteiger partial charge on any atom is 0.203 e. The van der Waals surface area contributed by atoms with E-state index in [9.17, 15) is 0 Å². The van der Waals surface area contributed by atoms with Crippen molar-refractivity contribution in [2.24, 2.45) is 11.7 Å². The first-order chi connectivity index (χ1) is 10.1. The summed E-state index contributed by atoms with van der Waals surface area (Å²) in [5.41, 5.74) is 7.16. The second-order valence-corrected chi connectivity index (χ2v) is 5.68. The second-order valence-electron chi connectivity index (χ2n) is 5.68. The predicted molar refractivity (Wildman–Crippen MR) is 90.4 cm³/mol. The van der Waals surface area contributed by atoms with Gasteiger partial charge in [-0.3, -0.25) is 4.90 Å². The van der Waals surface area contributed by atoms with Crippen LogP contribution in [0.15, 0.2) is 12.1 Å². The molecule has 0 aromatic heterocycles. The number of nitrogens with two attached hydrogens (primary N) is 1. The number of ether oxygens (including phenoxy) is 3. The third-order valence-corrected chi connectivity index (χ3v) is 4.18. The molecule has 0 spiro atoms. The second kappa shape index (κ2) is 8.46. The van der Waals surface area contributed by atoms with Gasteiger partial charge in [0, 0.05) is 19.1 Å². The molecule has 1 aromatic rings. The predicted octanol–water partition coefficient (Wildman–Crippen LogP) is 2.30. The minimum atomic E-state index is 0. The molecule has 1 fully saturated rings. The van der Waals surface area contributed by atoms with E-state index in [0.29, 0.717) is 23.2 Å². The summed E-state index contributed by atoms with van der Waals surface area (Å²) in [6, 6.07) is 4.29. The maximum absolute atomic E-state index is 6.00. The van der Waals surface area contributed by atoms with Crippen LogP contribution in [0.4, 0.5) is 0 Å². The van der Waals surface area contributed by atoms with Crippen molar-refractivity contribution in [1.82, 2.24) is 4.90 Å². The zero-order valence-electron chi connectivity index (χ0n) is 13.8. The number of hydrogen-bond donors (Lipinski definition) is 1. The lowest BCUT2D eigenvalue weighted by Gasteiger charge is -2.19. The van der Waals surface area contributed by atoms with Crippen molar-refractivity contribution in [3.63, 3.8) is 0 Å². The Morgan fingerprint density at radius 3 is 2.18 bits per heavy atom. The Morgan fingerprint density at radius 1 is 1.18 bits per heavy atom. The SMILES string of the molecule is COc1cc(CN2CCC(C(C)N)C2)cc(OC)c1OC.Cl. The van der Waals surface area contributed by atoms with Gasteiger partial charge in [0.15, 0.2) is 11.5 Å². The Kier molecular flexibility index (Phi) is 7.26. The Balaban J connectivity index is 0.00000242. The Labute approximate surface area is 139 Å². The van der Waals surface area contributed by atoms with Crippen LogP contribution in [-0.4, -0.2) is 45.4 Å². The van der Waals surface area contributed by atoms with Crippen molar-refractivity contribution in [3.8, 4) is 17.2 Å². The van der Waals surface area contributed by atoms with Crippen molar-refractivity contribution < 1.29 is 14.2 Å². The molecule has 1 aromatic carbocycles. The lowest BCUT2D eigenvalue weighted by molar-refractivity contribution is 0.302. The van der Waals surface area contributed by atoms with E-state index in [2.05, 4.69) is 11.8 Å². The van der Waals surface area contributed by atoms with Crippen LogP contribution in [0.1, 0.15) is 18.9 Å². The standard InChI is InChI=1S/C16H26N2O3.ClH/c1-11(17)13-5-6-18(10-13)9-12-7-14(19-2)16(21-4)15(8-12)20-3;/h7-8,11,13H,5-6,9-10,17H2,1-4H3;1H. The molecule has 1 aliphatic rings. The smallest absolute Gasteiger partial charge is 0.203 e. The Hall–Kier alpha value is -1.17. The van der Waals surface area contributed by atoms with E-state index < -0.39 is 0 Å². The summed E-state index contributed by atoms with van der Waals surface area (Å²) in [6.45, 7) is 5.10. The Morgan fingerprint density at radius 2 is 1.77 bits per heavy atom. The molecule has 0 aliphatic carbocycles. The minimum absolute atomic E-state index is 0. The van der Waals surface area contributed by atoms with E-state index in [4.69, 9.17) is 19.9 Å². The van der Waals surface area contributed by atoms with Crippen molar-refractivity contribution >= 4 is 12.4 Å². The van der Waals surface area contributed by atoms with Crippen LogP contribution in [0.2, 0.25) is 0 Å². The minimum Gasteiger partial charge on any atom is -0.493 e. The van der Waals surface area contributed by atoms with Crippen LogP contribution in [0.25, 0.3) is 0 Å². The third kappa shape index (κ3) is 4.18. The number of nitrogens with zero attached hydrogens (tertiary/aromatic N) is 1. The number of rotatable bonds is 6. The fourth-order valence-electron chi connectivity index (χ4n) is 2.92. The van der Waals surface area contributed by atoms with Gasteiger partial charge in [-0.1, -0.05) is 0 Å². The van der Waals surface area contributed by atoms with Gasteiger partial charge in [-0.2, -0.15) is 0 Å². The molecule has 1 saturated heterocycles. The Bertz CT molecular complexity index is 457. The van der Waals surface area contributed by atoms with Gasteiger partial charge in [0.1, 0.15) is 0 Å². The lowest BCUT2D eigenvalue weighted by atomic mass is 10.0. The molecule has 0 saturated carbocycles. The molecule has 1 heterocycles. The van der Waals surface area contributed by atoms with Gasteiger partial charge in [-0.25, -0.2) is 0 Å². The number of likely N-dealkylation sites (tertiary alicyclic amines) is 1. The van der Waals surface area contributed by atoms with Crippen LogP contribution in [0, 0.1) is 5.92 Å². The molecule has 6 heteroatoms. The molecular weight excluding hydrogens is 304 g/mol. The van der Waals surface area contributed by atoms with Crippen LogP contribution < -0.4 is 19.9 Å². The molecule has 2 unspecified atom stereocenters. The van der Waals surface area contributed by atoms with E-state index in [-0.39, 0.29) is 18.4 Å². The van der Waals surface area contributed by atoms with E-state index >= 15 is 0 Å². The highest BCUT2D eigenvalue weighted by Crippen LogP contribution is 2.38. The van der Waals surface area contributed by atoms with Gasteiger partial charge in [0.05, 0.1) is 21.3 Å². The zero-order valence-corrected chi connectivity index (χ0v) is 14.6. The highest BCUT2D eigenvalue weighted by Gasteiger charge is 2.25. The highest BCUT2D eigenvalue weighted by atomic mass is 35.5. The monoisotopic (exact) mass is 330 g/mol. The first-order valence-electron chi connectivity index (χ1n) is 7.35. The van der Waals surface area contributed by atoms with E-state index in [1.165, 1.54) is 6.42 Å². The number of halogens is 1. The lowest BCUT2D eigenvalue weighted by Crippen LogP contribution is -2.29. The zero-order chi connectivity index (χ0) is 15.4. The fraction of sp³-hybridized carbons (Fsp3) is 0.625. The average Bonchev–Trinajstić information content (AvgIpc) is 2.94. The van der Waals surface area contributed by atoms with Crippen LogP contribution in [0.5, 0.6) is 17.2 Å². The van der Waals surface area contributed by atoms with E-state index in [0.717, 1.165) is 25.2 Å². The highest BCUT2D eigenvalue weighted by molar-refractivity contribution is 5.85. The quantitative estimate of drug-likeness (QED) is 0.867. The molecule has 22 heavy (non-hydrogen) atoms. The number of benzene rings is 1. The van der Waals surface area contributed by atoms with Crippen LogP contribution in [-0.2, 0) is 6.54 Å². The topological polar surface area (TPSA) is 57.0 Å².